The number of nitrogens with one attached hydrogen (secondary N) is 1. The molecule has 18 heavy (non-hydrogen) atoms. The predicted octanol–water partition coefficient (Wildman–Crippen LogP) is 1.39. The number of ether oxygens (including phenoxy) is 2. The number of alkyl carbamates (subject to hydrolysis) is 1. The van der Waals surface area contributed by atoms with Crippen molar-refractivity contribution in [3.8, 4) is 0 Å². The largest absolute Gasteiger partial charge is 0.481 e. The summed E-state index contributed by atoms with van der Waals surface area (Å²) < 4.78 is 10.3. The molecule has 6 nitrogen and oxygen atoms in total. The molecule has 1 heterocycles. The van der Waals surface area contributed by atoms with Crippen LogP contribution in [0.3, 0.4) is 0 Å². The Morgan fingerprint density at radius 2 is 2.17 bits per heavy atom. The zero-order valence-corrected chi connectivity index (χ0v) is 11.1. The summed E-state index contributed by atoms with van der Waals surface area (Å²) in [5, 5.41) is 11.5. The summed E-state index contributed by atoms with van der Waals surface area (Å²) in [6.07, 6.45) is 0.0572. The Kier molecular flexibility index (Phi) is 4.95. The SMILES string of the molecule is CC(C)(C)OC(=O)N[C@H](CC(=O)O)C1CCOC1. The van der Waals surface area contributed by atoms with E-state index < -0.39 is 23.7 Å². The Morgan fingerprint density at radius 1 is 1.50 bits per heavy atom. The topological polar surface area (TPSA) is 84.9 Å². The smallest absolute Gasteiger partial charge is 0.407 e. The van der Waals surface area contributed by atoms with Crippen LogP contribution in [0.15, 0.2) is 0 Å². The van der Waals surface area contributed by atoms with Gasteiger partial charge in [-0.05, 0) is 27.2 Å². The molecule has 0 aromatic rings. The molecule has 6 heteroatoms. The fraction of sp³-hybridized carbons (Fsp3) is 0.833. The van der Waals surface area contributed by atoms with Gasteiger partial charge < -0.3 is 19.9 Å². The minimum atomic E-state index is -0.942. The number of amides is 1. The van der Waals surface area contributed by atoms with E-state index in [-0.39, 0.29) is 12.3 Å². The zero-order chi connectivity index (χ0) is 13.8. The average Bonchev–Trinajstić information content (AvgIpc) is 2.64. The molecule has 104 valence electrons. The van der Waals surface area contributed by atoms with E-state index in [4.69, 9.17) is 14.6 Å². The first-order chi connectivity index (χ1) is 8.28. The lowest BCUT2D eigenvalue weighted by molar-refractivity contribution is -0.137. The second-order valence-corrected chi connectivity index (χ2v) is 5.47. The molecule has 0 aromatic heterocycles. The van der Waals surface area contributed by atoms with Gasteiger partial charge in [-0.2, -0.15) is 0 Å². The maximum atomic E-state index is 11.6. The molecule has 0 aliphatic carbocycles. The normalized spacial score (nSPS) is 21.4. The highest BCUT2D eigenvalue weighted by molar-refractivity contribution is 5.71. The van der Waals surface area contributed by atoms with Crippen LogP contribution in [0.2, 0.25) is 0 Å². The number of carbonyl (C=O) groups excluding carboxylic acids is 1. The second-order valence-electron chi connectivity index (χ2n) is 5.47. The van der Waals surface area contributed by atoms with E-state index in [9.17, 15) is 9.59 Å². The van der Waals surface area contributed by atoms with Gasteiger partial charge >= 0.3 is 12.1 Å². The highest BCUT2D eigenvalue weighted by Gasteiger charge is 2.30. The van der Waals surface area contributed by atoms with E-state index >= 15 is 0 Å². The van der Waals surface area contributed by atoms with E-state index in [0.717, 1.165) is 6.42 Å². The van der Waals surface area contributed by atoms with Crippen LogP contribution in [0, 0.1) is 5.92 Å². The molecule has 0 bridgehead atoms. The molecule has 1 unspecified atom stereocenters. The van der Waals surface area contributed by atoms with Crippen LogP contribution >= 0.6 is 0 Å². The molecular weight excluding hydrogens is 238 g/mol. The number of hydrogen-bond donors (Lipinski definition) is 2. The summed E-state index contributed by atoms with van der Waals surface area (Å²) in [4.78, 5) is 22.4. The third-order valence-electron chi connectivity index (χ3n) is 2.63. The molecule has 1 rings (SSSR count). The van der Waals surface area contributed by atoms with Crippen LogP contribution in [-0.2, 0) is 14.3 Å². The summed E-state index contributed by atoms with van der Waals surface area (Å²) in [6.45, 7) is 6.37. The molecule has 1 aliphatic rings. The van der Waals surface area contributed by atoms with Gasteiger partial charge in [0.1, 0.15) is 5.60 Å². The summed E-state index contributed by atoms with van der Waals surface area (Å²) >= 11 is 0. The van der Waals surface area contributed by atoms with Gasteiger partial charge in [0.15, 0.2) is 0 Å². The van der Waals surface area contributed by atoms with Gasteiger partial charge in [0.2, 0.25) is 0 Å². The summed E-state index contributed by atoms with van der Waals surface area (Å²) in [6, 6.07) is -0.445. The van der Waals surface area contributed by atoms with Crippen molar-refractivity contribution in [2.24, 2.45) is 5.92 Å². The van der Waals surface area contributed by atoms with Crippen molar-refractivity contribution in [2.75, 3.05) is 13.2 Å². The fourth-order valence-electron chi connectivity index (χ4n) is 1.85. The molecule has 0 saturated carbocycles. The predicted molar refractivity (Wildman–Crippen MR) is 64.3 cm³/mol. The monoisotopic (exact) mass is 259 g/mol. The quantitative estimate of drug-likeness (QED) is 0.797. The van der Waals surface area contributed by atoms with Crippen molar-refractivity contribution in [3.05, 3.63) is 0 Å². The zero-order valence-electron chi connectivity index (χ0n) is 11.1. The lowest BCUT2D eigenvalue weighted by Gasteiger charge is -2.25. The van der Waals surface area contributed by atoms with Crippen molar-refractivity contribution in [3.63, 3.8) is 0 Å². The van der Waals surface area contributed by atoms with Crippen molar-refractivity contribution in [2.45, 2.75) is 45.3 Å². The van der Waals surface area contributed by atoms with Crippen molar-refractivity contribution in [1.29, 1.82) is 0 Å². The van der Waals surface area contributed by atoms with Gasteiger partial charge in [0.25, 0.3) is 0 Å². The molecule has 2 N–H and O–H groups in total. The van der Waals surface area contributed by atoms with E-state index in [1.807, 2.05) is 0 Å². The standard InChI is InChI=1S/C12H21NO5/c1-12(2,3)18-11(16)13-9(6-10(14)15)8-4-5-17-7-8/h8-9H,4-7H2,1-3H3,(H,13,16)(H,14,15)/t8?,9-/m1/s1. The number of carboxylic acids is 1. The van der Waals surface area contributed by atoms with E-state index in [1.54, 1.807) is 20.8 Å². The van der Waals surface area contributed by atoms with Crippen LogP contribution in [0.1, 0.15) is 33.6 Å². The Hall–Kier alpha value is -1.30. The summed E-state index contributed by atoms with van der Waals surface area (Å²) in [5.41, 5.74) is -0.593. The minimum absolute atomic E-state index is 0.0358. The Labute approximate surface area is 107 Å². The van der Waals surface area contributed by atoms with Gasteiger partial charge in [-0.1, -0.05) is 0 Å². The highest BCUT2D eigenvalue weighted by atomic mass is 16.6. The number of hydrogen-bond acceptors (Lipinski definition) is 4. The summed E-state index contributed by atoms with van der Waals surface area (Å²) in [7, 11) is 0. The van der Waals surface area contributed by atoms with Gasteiger partial charge in [-0.15, -0.1) is 0 Å². The van der Waals surface area contributed by atoms with E-state index in [0.29, 0.717) is 13.2 Å². The maximum absolute atomic E-state index is 11.6. The van der Waals surface area contributed by atoms with E-state index in [1.165, 1.54) is 0 Å². The average molecular weight is 259 g/mol. The van der Waals surface area contributed by atoms with Crippen LogP contribution in [0.4, 0.5) is 4.79 Å². The number of rotatable bonds is 4. The molecule has 0 spiro atoms. The highest BCUT2D eigenvalue weighted by Crippen LogP contribution is 2.19. The molecule has 0 radical (unpaired) electrons. The number of aliphatic carboxylic acids is 1. The first-order valence-corrected chi connectivity index (χ1v) is 6.07. The van der Waals surface area contributed by atoms with Gasteiger partial charge in [-0.25, -0.2) is 4.79 Å². The first-order valence-electron chi connectivity index (χ1n) is 6.07. The lowest BCUT2D eigenvalue weighted by Crippen LogP contribution is -2.44. The molecule has 2 atom stereocenters. The third kappa shape index (κ3) is 5.35. The molecule has 1 amide bonds. The van der Waals surface area contributed by atoms with Crippen molar-refractivity contribution >= 4 is 12.1 Å². The molecule has 1 fully saturated rings. The van der Waals surface area contributed by atoms with Crippen molar-refractivity contribution < 1.29 is 24.2 Å². The van der Waals surface area contributed by atoms with Crippen LogP contribution in [0.5, 0.6) is 0 Å². The van der Waals surface area contributed by atoms with Gasteiger partial charge in [-0.3, -0.25) is 4.79 Å². The molecule has 1 saturated heterocycles. The maximum Gasteiger partial charge on any atom is 0.407 e. The molecule has 0 aromatic carbocycles. The first kappa shape index (κ1) is 14.8. The Morgan fingerprint density at radius 3 is 2.61 bits per heavy atom. The second kappa shape index (κ2) is 6.04. The number of carbonyl (C=O) groups is 2. The molecular formula is C12H21NO5. The minimum Gasteiger partial charge on any atom is -0.481 e. The third-order valence-corrected chi connectivity index (χ3v) is 2.63. The number of carboxylic acid groups (broad SMARTS) is 1. The Balaban J connectivity index is 2.54. The fourth-order valence-corrected chi connectivity index (χ4v) is 1.85. The summed E-state index contributed by atoms with van der Waals surface area (Å²) in [5.74, 6) is -0.906. The van der Waals surface area contributed by atoms with Crippen LogP contribution in [-0.4, -0.2) is 42.0 Å². The van der Waals surface area contributed by atoms with Crippen LogP contribution in [0.25, 0.3) is 0 Å². The van der Waals surface area contributed by atoms with Gasteiger partial charge in [0, 0.05) is 18.6 Å². The van der Waals surface area contributed by atoms with Gasteiger partial charge in [0.05, 0.1) is 13.0 Å². The van der Waals surface area contributed by atoms with E-state index in [2.05, 4.69) is 5.32 Å². The lowest BCUT2D eigenvalue weighted by atomic mass is 9.96. The van der Waals surface area contributed by atoms with Crippen LogP contribution < -0.4 is 5.32 Å². The Bertz CT molecular complexity index is 304. The molecule has 1 aliphatic heterocycles. The van der Waals surface area contributed by atoms with Crippen molar-refractivity contribution in [1.82, 2.24) is 5.32 Å².